The second-order valence-corrected chi connectivity index (χ2v) is 8.76. The van der Waals surface area contributed by atoms with Crippen LogP contribution in [0.2, 0.25) is 5.02 Å². The van der Waals surface area contributed by atoms with Crippen molar-refractivity contribution >= 4 is 67.0 Å². The maximum Gasteiger partial charge on any atom is 0.355 e. The second-order valence-electron chi connectivity index (χ2n) is 6.41. The third-order valence-electron chi connectivity index (χ3n) is 4.28. The Hall–Kier alpha value is -3.00. The summed E-state index contributed by atoms with van der Waals surface area (Å²) in [6.07, 6.45) is 1.50. The van der Waals surface area contributed by atoms with Crippen LogP contribution in [0, 0.1) is 0 Å². The van der Waals surface area contributed by atoms with E-state index in [0.29, 0.717) is 21.2 Å². The molecule has 0 atom stereocenters. The molecule has 154 valence electrons. The molecule has 0 radical (unpaired) electrons. The third-order valence-corrected chi connectivity index (χ3v) is 6.43. The van der Waals surface area contributed by atoms with Gasteiger partial charge in [0.25, 0.3) is 5.91 Å². The summed E-state index contributed by atoms with van der Waals surface area (Å²) in [5.41, 5.74) is 3.70. The molecule has 0 saturated heterocycles. The van der Waals surface area contributed by atoms with E-state index in [-0.39, 0.29) is 5.91 Å². The minimum atomic E-state index is -0.506. The molecule has 3 aromatic carbocycles. The van der Waals surface area contributed by atoms with Gasteiger partial charge in [0, 0.05) is 20.1 Å². The maximum absolute atomic E-state index is 12.5. The SMILES string of the molecule is O=C(N/N=C/c1ccc(OC(=O)c2sc3ccccc3c2Cl)cc1)c1cccc(Br)c1. The molecule has 1 amide bonds. The van der Waals surface area contributed by atoms with E-state index in [4.69, 9.17) is 16.3 Å². The number of benzene rings is 3. The normalized spacial score (nSPS) is 11.0. The number of thiophene rings is 1. The Balaban J connectivity index is 1.38. The van der Waals surface area contributed by atoms with Crippen molar-refractivity contribution in [2.75, 3.05) is 0 Å². The summed E-state index contributed by atoms with van der Waals surface area (Å²) in [6, 6.07) is 21.3. The van der Waals surface area contributed by atoms with E-state index >= 15 is 0 Å². The van der Waals surface area contributed by atoms with Gasteiger partial charge in [0.2, 0.25) is 0 Å². The molecule has 1 N–H and O–H groups in total. The van der Waals surface area contributed by atoms with Crippen LogP contribution in [0.4, 0.5) is 0 Å². The smallest absolute Gasteiger partial charge is 0.355 e. The Morgan fingerprint density at radius 3 is 2.55 bits per heavy atom. The van der Waals surface area contributed by atoms with Crippen molar-refractivity contribution in [3.05, 3.63) is 98.3 Å². The molecule has 0 unspecified atom stereocenters. The zero-order chi connectivity index (χ0) is 21.8. The number of rotatable bonds is 5. The lowest BCUT2D eigenvalue weighted by atomic mass is 10.2. The molecule has 0 fully saturated rings. The molecule has 0 bridgehead atoms. The summed E-state index contributed by atoms with van der Waals surface area (Å²) in [5.74, 6) is -0.439. The Morgan fingerprint density at radius 1 is 1.03 bits per heavy atom. The number of carbonyl (C=O) groups is 2. The summed E-state index contributed by atoms with van der Waals surface area (Å²) in [7, 11) is 0. The first-order valence-electron chi connectivity index (χ1n) is 9.09. The number of halogens is 2. The van der Waals surface area contributed by atoms with Crippen LogP contribution in [-0.2, 0) is 0 Å². The fourth-order valence-corrected chi connectivity index (χ4v) is 4.56. The predicted octanol–water partition coefficient (Wildman–Crippen LogP) is 6.30. The highest BCUT2D eigenvalue weighted by Gasteiger charge is 2.18. The van der Waals surface area contributed by atoms with Crippen molar-refractivity contribution in [3.8, 4) is 5.75 Å². The van der Waals surface area contributed by atoms with Gasteiger partial charge in [-0.25, -0.2) is 10.2 Å². The number of amides is 1. The quantitative estimate of drug-likeness (QED) is 0.147. The van der Waals surface area contributed by atoms with Gasteiger partial charge in [-0.3, -0.25) is 4.79 Å². The van der Waals surface area contributed by atoms with Crippen LogP contribution >= 0.6 is 38.9 Å². The second kappa shape index (κ2) is 9.43. The summed E-state index contributed by atoms with van der Waals surface area (Å²) in [4.78, 5) is 25.0. The van der Waals surface area contributed by atoms with Gasteiger partial charge in [-0.05, 0) is 54.1 Å². The maximum atomic E-state index is 12.5. The number of esters is 1. The van der Waals surface area contributed by atoms with E-state index in [9.17, 15) is 9.59 Å². The number of hydrazone groups is 1. The zero-order valence-electron chi connectivity index (χ0n) is 15.8. The van der Waals surface area contributed by atoms with Crippen molar-refractivity contribution < 1.29 is 14.3 Å². The minimum absolute atomic E-state index is 0.316. The van der Waals surface area contributed by atoms with E-state index in [1.54, 1.807) is 42.5 Å². The predicted molar refractivity (Wildman–Crippen MR) is 127 cm³/mol. The first-order chi connectivity index (χ1) is 15.0. The summed E-state index contributed by atoms with van der Waals surface area (Å²) >= 11 is 11.0. The largest absolute Gasteiger partial charge is 0.422 e. The molecule has 1 aromatic heterocycles. The molecule has 31 heavy (non-hydrogen) atoms. The highest BCUT2D eigenvalue weighted by molar-refractivity contribution is 9.10. The van der Waals surface area contributed by atoms with Crippen molar-refractivity contribution in [1.82, 2.24) is 5.43 Å². The molecule has 5 nitrogen and oxygen atoms in total. The number of nitrogens with zero attached hydrogens (tertiary/aromatic N) is 1. The number of fused-ring (bicyclic) bond motifs is 1. The molecule has 0 aliphatic rings. The van der Waals surface area contributed by atoms with E-state index in [1.807, 2.05) is 30.3 Å². The highest BCUT2D eigenvalue weighted by Crippen LogP contribution is 2.35. The summed E-state index contributed by atoms with van der Waals surface area (Å²) in [6.45, 7) is 0. The van der Waals surface area contributed by atoms with Crippen molar-refractivity contribution in [2.24, 2.45) is 5.10 Å². The zero-order valence-corrected chi connectivity index (χ0v) is 19.0. The lowest BCUT2D eigenvalue weighted by Crippen LogP contribution is -2.17. The highest BCUT2D eigenvalue weighted by atomic mass is 79.9. The van der Waals surface area contributed by atoms with Crippen LogP contribution in [0.3, 0.4) is 0 Å². The fourth-order valence-electron chi connectivity index (χ4n) is 2.78. The molecular formula is C23H14BrClN2O3S. The number of hydrogen-bond acceptors (Lipinski definition) is 5. The molecule has 0 saturated carbocycles. The Morgan fingerprint density at radius 2 is 1.81 bits per heavy atom. The molecule has 4 aromatic rings. The fraction of sp³-hybridized carbons (Fsp3) is 0. The van der Waals surface area contributed by atoms with E-state index in [0.717, 1.165) is 20.1 Å². The lowest BCUT2D eigenvalue weighted by molar-refractivity contribution is 0.0739. The van der Waals surface area contributed by atoms with E-state index < -0.39 is 5.97 Å². The molecule has 8 heteroatoms. The monoisotopic (exact) mass is 512 g/mol. The lowest BCUT2D eigenvalue weighted by Gasteiger charge is -2.04. The van der Waals surface area contributed by atoms with E-state index in [2.05, 4.69) is 26.5 Å². The number of carbonyl (C=O) groups excluding carboxylic acids is 2. The standard InChI is InChI=1S/C23H14BrClN2O3S/c24-16-5-3-4-15(12-16)22(28)27-26-13-14-8-10-17(11-9-14)30-23(29)21-20(25)18-6-1-2-7-19(18)31-21/h1-13H,(H,27,28)/b26-13+. The van der Waals surface area contributed by atoms with Crippen LogP contribution in [0.5, 0.6) is 5.75 Å². The van der Waals surface area contributed by atoms with Gasteiger partial charge in [-0.2, -0.15) is 5.10 Å². The van der Waals surface area contributed by atoms with Gasteiger partial charge in [-0.15, -0.1) is 11.3 Å². The van der Waals surface area contributed by atoms with Gasteiger partial charge in [0.15, 0.2) is 0 Å². The minimum Gasteiger partial charge on any atom is -0.422 e. The van der Waals surface area contributed by atoms with Crippen LogP contribution in [0.25, 0.3) is 10.1 Å². The molecule has 1 heterocycles. The number of nitrogens with one attached hydrogen (secondary N) is 1. The summed E-state index contributed by atoms with van der Waals surface area (Å²) in [5, 5.41) is 5.19. The molecule has 0 aliphatic carbocycles. The Kier molecular flexibility index (Phi) is 6.46. The van der Waals surface area contributed by atoms with Gasteiger partial charge >= 0.3 is 5.97 Å². The van der Waals surface area contributed by atoms with Crippen LogP contribution in [-0.4, -0.2) is 18.1 Å². The molecule has 4 rings (SSSR count). The average molecular weight is 514 g/mol. The van der Waals surface area contributed by atoms with Gasteiger partial charge in [0.05, 0.1) is 11.2 Å². The van der Waals surface area contributed by atoms with Crippen LogP contribution in [0.1, 0.15) is 25.6 Å². The Labute approximate surface area is 195 Å². The van der Waals surface area contributed by atoms with Crippen molar-refractivity contribution in [2.45, 2.75) is 0 Å². The van der Waals surface area contributed by atoms with E-state index in [1.165, 1.54) is 17.6 Å². The number of hydrogen-bond donors (Lipinski definition) is 1. The molecule has 0 aliphatic heterocycles. The average Bonchev–Trinajstić information content (AvgIpc) is 3.12. The Bertz CT molecular complexity index is 1300. The third kappa shape index (κ3) is 5.02. The van der Waals surface area contributed by atoms with Gasteiger partial charge in [-0.1, -0.05) is 51.8 Å². The molecule has 0 spiro atoms. The first-order valence-corrected chi connectivity index (χ1v) is 11.1. The summed E-state index contributed by atoms with van der Waals surface area (Å²) < 4.78 is 7.18. The van der Waals surface area contributed by atoms with Crippen LogP contribution < -0.4 is 10.2 Å². The van der Waals surface area contributed by atoms with Gasteiger partial charge < -0.3 is 4.74 Å². The molecular weight excluding hydrogens is 500 g/mol. The number of ether oxygens (including phenoxy) is 1. The van der Waals surface area contributed by atoms with Crippen molar-refractivity contribution in [3.63, 3.8) is 0 Å². The van der Waals surface area contributed by atoms with Crippen LogP contribution in [0.15, 0.2) is 82.4 Å². The van der Waals surface area contributed by atoms with Gasteiger partial charge in [0.1, 0.15) is 10.6 Å². The van der Waals surface area contributed by atoms with Crippen molar-refractivity contribution in [1.29, 1.82) is 0 Å². The topological polar surface area (TPSA) is 67.8 Å². The first kappa shape index (κ1) is 21.2.